The lowest BCUT2D eigenvalue weighted by atomic mass is 10.4. The van der Waals surface area contributed by atoms with Crippen molar-refractivity contribution in [3.05, 3.63) is 31.0 Å². The maximum Gasteiger partial charge on any atom is 0.233 e. The first-order valence-corrected chi connectivity index (χ1v) is 5.79. The Labute approximate surface area is 99.3 Å². The van der Waals surface area contributed by atoms with Crippen LogP contribution >= 0.6 is 11.8 Å². The Morgan fingerprint density at radius 1 is 1.81 bits per heavy atom. The summed E-state index contributed by atoms with van der Waals surface area (Å²) in [5.41, 5.74) is 6.33. The summed E-state index contributed by atoms with van der Waals surface area (Å²) >= 11 is 1.35. The highest BCUT2D eigenvalue weighted by Gasteiger charge is 2.15. The number of anilines is 1. The minimum Gasteiger partial charge on any atom is -0.397 e. The summed E-state index contributed by atoms with van der Waals surface area (Å²) < 4.78 is 0. The van der Waals surface area contributed by atoms with Crippen molar-refractivity contribution in [3.63, 3.8) is 0 Å². The molecule has 0 saturated carbocycles. The number of nitrogens with two attached hydrogens (primary N) is 1. The molecule has 0 aromatic carbocycles. The van der Waals surface area contributed by atoms with E-state index >= 15 is 0 Å². The van der Waals surface area contributed by atoms with Gasteiger partial charge in [-0.2, -0.15) is 0 Å². The summed E-state index contributed by atoms with van der Waals surface area (Å²) in [4.78, 5) is 15.7. The van der Waals surface area contributed by atoms with Crippen LogP contribution in [0.1, 0.15) is 6.92 Å². The molecule has 0 aliphatic rings. The number of hydrogen-bond donors (Lipinski definition) is 2. The van der Waals surface area contributed by atoms with E-state index in [0.717, 1.165) is 0 Å². The van der Waals surface area contributed by atoms with E-state index in [1.807, 2.05) is 6.92 Å². The Bertz CT molecular complexity index is 381. The smallest absolute Gasteiger partial charge is 0.233 e. The molecule has 3 N–H and O–H groups in total. The molecule has 0 spiro atoms. The SMILES string of the molecule is C=CCNC(=O)C(C)Sc1ncccc1N. The van der Waals surface area contributed by atoms with Crippen LogP contribution in [-0.4, -0.2) is 22.7 Å². The monoisotopic (exact) mass is 237 g/mol. The summed E-state index contributed by atoms with van der Waals surface area (Å²) in [6.07, 6.45) is 3.30. The van der Waals surface area contributed by atoms with Crippen molar-refractivity contribution >= 4 is 23.4 Å². The second-order valence-electron chi connectivity index (χ2n) is 3.19. The summed E-state index contributed by atoms with van der Waals surface area (Å²) in [5.74, 6) is -0.0463. The predicted octanol–water partition coefficient (Wildman–Crippen LogP) is 1.45. The van der Waals surface area contributed by atoms with Gasteiger partial charge in [0.1, 0.15) is 5.03 Å². The van der Waals surface area contributed by atoms with Crippen LogP contribution in [0, 0.1) is 0 Å². The molecule has 1 amide bonds. The summed E-state index contributed by atoms with van der Waals surface area (Å²) in [6, 6.07) is 3.53. The van der Waals surface area contributed by atoms with E-state index in [0.29, 0.717) is 17.3 Å². The van der Waals surface area contributed by atoms with Gasteiger partial charge in [0.05, 0.1) is 10.9 Å². The zero-order valence-corrected chi connectivity index (χ0v) is 9.96. The molecular weight excluding hydrogens is 222 g/mol. The first-order chi connectivity index (χ1) is 7.65. The second kappa shape index (κ2) is 6.17. The number of amides is 1. The molecule has 1 unspecified atom stereocenters. The molecule has 0 saturated heterocycles. The highest BCUT2D eigenvalue weighted by Crippen LogP contribution is 2.25. The normalized spacial score (nSPS) is 11.8. The van der Waals surface area contributed by atoms with Gasteiger partial charge in [0.2, 0.25) is 5.91 Å². The van der Waals surface area contributed by atoms with Crippen LogP contribution in [0.4, 0.5) is 5.69 Å². The molecule has 0 bridgehead atoms. The Hall–Kier alpha value is -1.49. The molecule has 5 heteroatoms. The van der Waals surface area contributed by atoms with Crippen LogP contribution in [-0.2, 0) is 4.79 Å². The van der Waals surface area contributed by atoms with Gasteiger partial charge in [-0.05, 0) is 19.1 Å². The van der Waals surface area contributed by atoms with Crippen LogP contribution in [0.25, 0.3) is 0 Å². The van der Waals surface area contributed by atoms with Crippen molar-refractivity contribution in [1.82, 2.24) is 10.3 Å². The predicted molar refractivity (Wildman–Crippen MR) is 67.2 cm³/mol. The number of carbonyl (C=O) groups is 1. The van der Waals surface area contributed by atoms with Gasteiger partial charge in [-0.1, -0.05) is 17.8 Å². The molecule has 1 heterocycles. The van der Waals surface area contributed by atoms with Crippen LogP contribution in [0.2, 0.25) is 0 Å². The van der Waals surface area contributed by atoms with Gasteiger partial charge in [0, 0.05) is 12.7 Å². The minimum absolute atomic E-state index is 0.0463. The third kappa shape index (κ3) is 3.58. The van der Waals surface area contributed by atoms with Crippen molar-refractivity contribution in [2.24, 2.45) is 0 Å². The standard InChI is InChI=1S/C11H15N3OS/c1-3-6-13-10(15)8(2)16-11-9(12)5-4-7-14-11/h3-5,7-8H,1,6,12H2,2H3,(H,13,15). The zero-order chi connectivity index (χ0) is 12.0. The molecule has 1 rings (SSSR count). The molecule has 1 aromatic heterocycles. The van der Waals surface area contributed by atoms with Crippen LogP contribution < -0.4 is 11.1 Å². The van der Waals surface area contributed by atoms with E-state index in [9.17, 15) is 4.79 Å². The van der Waals surface area contributed by atoms with Crippen molar-refractivity contribution in [3.8, 4) is 0 Å². The fourth-order valence-electron chi connectivity index (χ4n) is 1.04. The highest BCUT2D eigenvalue weighted by atomic mass is 32.2. The third-order valence-corrected chi connectivity index (χ3v) is 3.01. The zero-order valence-electron chi connectivity index (χ0n) is 9.14. The molecule has 1 aromatic rings. The highest BCUT2D eigenvalue weighted by molar-refractivity contribution is 8.00. The number of nitrogen functional groups attached to an aromatic ring is 1. The average molecular weight is 237 g/mol. The summed E-state index contributed by atoms with van der Waals surface area (Å²) in [7, 11) is 0. The van der Waals surface area contributed by atoms with Crippen molar-refractivity contribution in [2.45, 2.75) is 17.2 Å². The van der Waals surface area contributed by atoms with E-state index in [-0.39, 0.29) is 11.2 Å². The van der Waals surface area contributed by atoms with Gasteiger partial charge >= 0.3 is 0 Å². The molecule has 86 valence electrons. The molecule has 0 aliphatic heterocycles. The second-order valence-corrected chi connectivity index (χ2v) is 4.52. The molecule has 16 heavy (non-hydrogen) atoms. The molecule has 0 radical (unpaired) electrons. The first kappa shape index (κ1) is 12.6. The number of pyridine rings is 1. The van der Waals surface area contributed by atoms with Crippen molar-refractivity contribution in [2.75, 3.05) is 12.3 Å². The van der Waals surface area contributed by atoms with Crippen LogP contribution in [0.5, 0.6) is 0 Å². The first-order valence-electron chi connectivity index (χ1n) is 4.91. The third-order valence-electron chi connectivity index (χ3n) is 1.88. The molecular formula is C11H15N3OS. The lowest BCUT2D eigenvalue weighted by molar-refractivity contribution is -0.120. The van der Waals surface area contributed by atoms with Gasteiger partial charge < -0.3 is 11.1 Å². The summed E-state index contributed by atoms with van der Waals surface area (Å²) in [5, 5.41) is 3.18. The quantitative estimate of drug-likeness (QED) is 0.601. The minimum atomic E-state index is -0.225. The van der Waals surface area contributed by atoms with Gasteiger partial charge in [-0.3, -0.25) is 4.79 Å². The van der Waals surface area contributed by atoms with E-state index < -0.39 is 0 Å². The number of nitrogens with zero attached hydrogens (tertiary/aromatic N) is 1. The lowest BCUT2D eigenvalue weighted by Crippen LogP contribution is -2.30. The Morgan fingerprint density at radius 2 is 2.56 bits per heavy atom. The van der Waals surface area contributed by atoms with E-state index in [1.54, 1.807) is 24.4 Å². The van der Waals surface area contributed by atoms with Gasteiger partial charge in [-0.25, -0.2) is 4.98 Å². The van der Waals surface area contributed by atoms with Crippen molar-refractivity contribution in [1.29, 1.82) is 0 Å². The van der Waals surface area contributed by atoms with Crippen LogP contribution in [0.15, 0.2) is 36.0 Å². The topological polar surface area (TPSA) is 68.0 Å². The van der Waals surface area contributed by atoms with Gasteiger partial charge in [0.15, 0.2) is 0 Å². The van der Waals surface area contributed by atoms with E-state index in [4.69, 9.17) is 5.73 Å². The maximum atomic E-state index is 11.6. The Kier molecular flexibility index (Phi) is 4.85. The number of carbonyl (C=O) groups excluding carboxylic acids is 1. The number of rotatable bonds is 5. The van der Waals surface area contributed by atoms with Gasteiger partial charge in [-0.15, -0.1) is 6.58 Å². The van der Waals surface area contributed by atoms with E-state index in [1.165, 1.54) is 11.8 Å². The molecule has 0 fully saturated rings. The molecule has 4 nitrogen and oxygen atoms in total. The fourth-order valence-corrected chi connectivity index (χ4v) is 1.89. The summed E-state index contributed by atoms with van der Waals surface area (Å²) in [6.45, 7) is 5.83. The lowest BCUT2D eigenvalue weighted by Gasteiger charge is -2.11. The largest absolute Gasteiger partial charge is 0.397 e. The fraction of sp³-hybridized carbons (Fsp3) is 0.273. The Morgan fingerprint density at radius 3 is 3.19 bits per heavy atom. The van der Waals surface area contributed by atoms with Crippen LogP contribution in [0.3, 0.4) is 0 Å². The molecule has 0 aliphatic carbocycles. The number of nitrogens with one attached hydrogen (secondary N) is 1. The Balaban J connectivity index is 2.57. The van der Waals surface area contributed by atoms with Crippen molar-refractivity contribution < 1.29 is 4.79 Å². The molecule has 1 atom stereocenters. The number of thioether (sulfide) groups is 1. The maximum absolute atomic E-state index is 11.6. The number of hydrogen-bond acceptors (Lipinski definition) is 4. The van der Waals surface area contributed by atoms with Gasteiger partial charge in [0.25, 0.3) is 0 Å². The van der Waals surface area contributed by atoms with E-state index in [2.05, 4.69) is 16.9 Å². The number of aromatic nitrogens is 1. The average Bonchev–Trinajstić information content (AvgIpc) is 2.28.